The van der Waals surface area contributed by atoms with E-state index in [0.717, 1.165) is 28.9 Å². The van der Waals surface area contributed by atoms with E-state index in [4.69, 9.17) is 5.10 Å². The summed E-state index contributed by atoms with van der Waals surface area (Å²) in [5, 5.41) is 10.3. The first kappa shape index (κ1) is 18.9. The van der Waals surface area contributed by atoms with Crippen LogP contribution < -0.4 is 10.6 Å². The minimum atomic E-state index is -0.210. The maximum absolute atomic E-state index is 12.2. The summed E-state index contributed by atoms with van der Waals surface area (Å²) in [4.78, 5) is 24.1. The van der Waals surface area contributed by atoms with Crippen LogP contribution in [0.1, 0.15) is 18.9 Å². The third-order valence-corrected chi connectivity index (χ3v) is 5.20. The normalized spacial score (nSPS) is 17.6. The summed E-state index contributed by atoms with van der Waals surface area (Å²) in [6, 6.07) is 19.7. The highest BCUT2D eigenvalue weighted by atomic mass is 16.2. The number of hydrogen-bond acceptors (Lipinski definition) is 3. The minimum Gasteiger partial charge on any atom is -0.350 e. The molecule has 6 heteroatoms. The molecule has 0 saturated heterocycles. The Balaban J connectivity index is 1.46. The summed E-state index contributed by atoms with van der Waals surface area (Å²) >= 11 is 0. The lowest BCUT2D eigenvalue weighted by atomic mass is 10.1. The van der Waals surface area contributed by atoms with Crippen LogP contribution in [-0.2, 0) is 16.1 Å². The molecular formula is C23H24N4O2. The molecule has 0 aliphatic heterocycles. The molecule has 3 aromatic rings. The van der Waals surface area contributed by atoms with Crippen LogP contribution in [-0.4, -0.2) is 28.1 Å². The Bertz CT molecular complexity index is 998. The van der Waals surface area contributed by atoms with E-state index in [-0.39, 0.29) is 24.3 Å². The Morgan fingerprint density at radius 3 is 2.34 bits per heavy atom. The SMILES string of the molecule is C[C@H]1C[C@H]1C(=O)NCC(=O)NCc1cn(-c2ccccc2)nc1-c1ccccc1. The van der Waals surface area contributed by atoms with Gasteiger partial charge in [0.25, 0.3) is 0 Å². The molecule has 2 N–H and O–H groups in total. The number of amides is 2. The lowest BCUT2D eigenvalue weighted by molar-refractivity contribution is -0.127. The predicted molar refractivity (Wildman–Crippen MR) is 111 cm³/mol. The minimum absolute atomic E-state index is 0.00442. The van der Waals surface area contributed by atoms with E-state index in [2.05, 4.69) is 10.6 Å². The molecule has 1 heterocycles. The van der Waals surface area contributed by atoms with Gasteiger partial charge in [-0.15, -0.1) is 0 Å². The molecule has 4 rings (SSSR count). The van der Waals surface area contributed by atoms with E-state index in [1.54, 1.807) is 0 Å². The van der Waals surface area contributed by atoms with Gasteiger partial charge >= 0.3 is 0 Å². The molecule has 1 fully saturated rings. The molecule has 1 saturated carbocycles. The van der Waals surface area contributed by atoms with Crippen LogP contribution in [0, 0.1) is 11.8 Å². The first-order valence-electron chi connectivity index (χ1n) is 9.85. The van der Waals surface area contributed by atoms with Crippen LogP contribution in [0.2, 0.25) is 0 Å². The second-order valence-corrected chi connectivity index (χ2v) is 7.46. The van der Waals surface area contributed by atoms with Crippen LogP contribution in [0.4, 0.5) is 0 Å². The molecule has 1 aromatic heterocycles. The van der Waals surface area contributed by atoms with E-state index in [1.165, 1.54) is 0 Å². The molecule has 0 bridgehead atoms. The summed E-state index contributed by atoms with van der Waals surface area (Å²) in [6.07, 6.45) is 2.84. The largest absolute Gasteiger partial charge is 0.350 e. The molecule has 0 radical (unpaired) electrons. The van der Waals surface area contributed by atoms with Crippen molar-refractivity contribution in [2.24, 2.45) is 11.8 Å². The fraction of sp³-hybridized carbons (Fsp3) is 0.261. The fourth-order valence-corrected chi connectivity index (χ4v) is 3.33. The number of para-hydroxylation sites is 1. The third-order valence-electron chi connectivity index (χ3n) is 5.20. The van der Waals surface area contributed by atoms with E-state index >= 15 is 0 Å². The average Bonchev–Trinajstić information content (AvgIpc) is 3.34. The van der Waals surface area contributed by atoms with Gasteiger partial charge in [0, 0.05) is 29.8 Å². The molecule has 1 aliphatic rings. The lowest BCUT2D eigenvalue weighted by Crippen LogP contribution is -2.37. The highest BCUT2D eigenvalue weighted by Crippen LogP contribution is 2.37. The molecule has 0 unspecified atom stereocenters. The zero-order valence-corrected chi connectivity index (χ0v) is 16.3. The smallest absolute Gasteiger partial charge is 0.239 e. The van der Waals surface area contributed by atoms with E-state index in [9.17, 15) is 9.59 Å². The zero-order chi connectivity index (χ0) is 20.2. The quantitative estimate of drug-likeness (QED) is 0.653. The Morgan fingerprint density at radius 2 is 1.69 bits per heavy atom. The number of carbonyl (C=O) groups is 2. The predicted octanol–water partition coefficient (Wildman–Crippen LogP) is 2.93. The average molecular weight is 388 g/mol. The Hall–Kier alpha value is -3.41. The van der Waals surface area contributed by atoms with Gasteiger partial charge in [0.1, 0.15) is 0 Å². The first-order chi connectivity index (χ1) is 14.1. The molecule has 2 amide bonds. The van der Waals surface area contributed by atoms with Crippen molar-refractivity contribution in [2.45, 2.75) is 19.9 Å². The monoisotopic (exact) mass is 388 g/mol. The van der Waals surface area contributed by atoms with Crippen LogP contribution >= 0.6 is 0 Å². The summed E-state index contributed by atoms with van der Waals surface area (Å²) in [6.45, 7) is 2.38. The Kier molecular flexibility index (Phi) is 5.42. The number of aromatic nitrogens is 2. The van der Waals surface area contributed by atoms with Crippen molar-refractivity contribution in [1.82, 2.24) is 20.4 Å². The van der Waals surface area contributed by atoms with Crippen LogP contribution in [0.15, 0.2) is 66.9 Å². The number of rotatable bonds is 7. The second kappa shape index (κ2) is 8.31. The van der Waals surface area contributed by atoms with Gasteiger partial charge in [-0.3, -0.25) is 9.59 Å². The van der Waals surface area contributed by atoms with Crippen molar-refractivity contribution in [3.05, 3.63) is 72.4 Å². The van der Waals surface area contributed by atoms with Gasteiger partial charge in [-0.2, -0.15) is 5.10 Å². The number of nitrogens with one attached hydrogen (secondary N) is 2. The Morgan fingerprint density at radius 1 is 1.03 bits per heavy atom. The summed E-state index contributed by atoms with van der Waals surface area (Å²) in [7, 11) is 0. The van der Waals surface area contributed by atoms with Gasteiger partial charge in [0.15, 0.2) is 0 Å². The molecule has 2 atom stereocenters. The van der Waals surface area contributed by atoms with Gasteiger partial charge in [0.2, 0.25) is 11.8 Å². The highest BCUT2D eigenvalue weighted by molar-refractivity contribution is 5.87. The highest BCUT2D eigenvalue weighted by Gasteiger charge is 2.38. The molecule has 29 heavy (non-hydrogen) atoms. The molecule has 6 nitrogen and oxygen atoms in total. The van der Waals surface area contributed by atoms with Gasteiger partial charge in [-0.25, -0.2) is 4.68 Å². The molecule has 1 aliphatic carbocycles. The van der Waals surface area contributed by atoms with Gasteiger partial charge in [-0.1, -0.05) is 55.5 Å². The maximum atomic E-state index is 12.2. The van der Waals surface area contributed by atoms with Crippen molar-refractivity contribution >= 4 is 11.8 Å². The number of hydrogen-bond donors (Lipinski definition) is 2. The van der Waals surface area contributed by atoms with Gasteiger partial charge in [0.05, 0.1) is 17.9 Å². The second-order valence-electron chi connectivity index (χ2n) is 7.46. The summed E-state index contributed by atoms with van der Waals surface area (Å²) < 4.78 is 1.82. The number of carbonyl (C=O) groups excluding carboxylic acids is 2. The standard InChI is InChI=1S/C23H24N4O2/c1-16-12-20(16)23(29)25-14-21(28)24-13-18-15-27(19-10-6-3-7-11-19)26-22(18)17-8-4-2-5-9-17/h2-11,15-16,20H,12-14H2,1H3,(H,24,28)(H,25,29)/t16-,20+/m0/s1. The van der Waals surface area contributed by atoms with Crippen molar-refractivity contribution < 1.29 is 9.59 Å². The molecule has 148 valence electrons. The zero-order valence-electron chi connectivity index (χ0n) is 16.3. The van der Waals surface area contributed by atoms with Crippen molar-refractivity contribution in [3.63, 3.8) is 0 Å². The third kappa shape index (κ3) is 4.54. The van der Waals surface area contributed by atoms with E-state index in [1.807, 2.05) is 78.5 Å². The first-order valence-corrected chi connectivity index (χ1v) is 9.85. The van der Waals surface area contributed by atoms with Crippen molar-refractivity contribution in [3.8, 4) is 16.9 Å². The Labute approximate surface area is 169 Å². The van der Waals surface area contributed by atoms with Crippen molar-refractivity contribution in [2.75, 3.05) is 6.54 Å². The molecule has 2 aromatic carbocycles. The molecular weight excluding hydrogens is 364 g/mol. The van der Waals surface area contributed by atoms with Crippen molar-refractivity contribution in [1.29, 1.82) is 0 Å². The van der Waals surface area contributed by atoms with Crippen LogP contribution in [0.3, 0.4) is 0 Å². The van der Waals surface area contributed by atoms with Crippen LogP contribution in [0.25, 0.3) is 16.9 Å². The fourth-order valence-electron chi connectivity index (χ4n) is 3.33. The number of nitrogens with zero attached hydrogens (tertiary/aromatic N) is 2. The molecule has 0 spiro atoms. The van der Waals surface area contributed by atoms with Gasteiger partial charge in [-0.05, 0) is 24.5 Å². The summed E-state index contributed by atoms with van der Waals surface area (Å²) in [5.74, 6) is 0.250. The number of benzene rings is 2. The maximum Gasteiger partial charge on any atom is 0.239 e. The van der Waals surface area contributed by atoms with Crippen LogP contribution in [0.5, 0.6) is 0 Å². The topological polar surface area (TPSA) is 76.0 Å². The van der Waals surface area contributed by atoms with E-state index < -0.39 is 0 Å². The van der Waals surface area contributed by atoms with E-state index in [0.29, 0.717) is 12.5 Å². The summed E-state index contributed by atoms with van der Waals surface area (Å²) in [5.41, 5.74) is 3.68. The lowest BCUT2D eigenvalue weighted by Gasteiger charge is -2.07. The van der Waals surface area contributed by atoms with Gasteiger partial charge < -0.3 is 10.6 Å².